The van der Waals surface area contributed by atoms with E-state index in [1.165, 1.54) is 167 Å². The van der Waals surface area contributed by atoms with Crippen LogP contribution < -0.4 is 0 Å². The maximum Gasteiger partial charge on any atom is 0.472 e. The number of esters is 4. The van der Waals surface area contributed by atoms with Gasteiger partial charge in [-0.15, -0.1) is 0 Å². The molecular weight excluding hydrogens is 1190 g/mol. The quantitative estimate of drug-likeness (QED) is 0.0222. The molecule has 0 aliphatic carbocycles. The van der Waals surface area contributed by atoms with Crippen LogP contribution in [0.2, 0.25) is 0 Å². The molecule has 0 spiro atoms. The van der Waals surface area contributed by atoms with E-state index in [0.717, 1.165) is 108 Å². The van der Waals surface area contributed by atoms with Crippen LogP contribution in [0.5, 0.6) is 0 Å². The van der Waals surface area contributed by atoms with Gasteiger partial charge in [-0.1, -0.05) is 305 Å². The molecule has 0 amide bonds. The molecule has 19 heteroatoms. The molecule has 0 fully saturated rings. The smallest absolute Gasteiger partial charge is 0.462 e. The summed E-state index contributed by atoms with van der Waals surface area (Å²) in [6.07, 6.45) is 45.7. The molecule has 0 aromatic rings. The minimum atomic E-state index is -4.95. The summed E-state index contributed by atoms with van der Waals surface area (Å²) in [4.78, 5) is 72.6. The van der Waals surface area contributed by atoms with Gasteiger partial charge in [0.15, 0.2) is 12.2 Å². The highest BCUT2D eigenvalue weighted by Gasteiger charge is 2.30. The van der Waals surface area contributed by atoms with Gasteiger partial charge in [0.25, 0.3) is 0 Å². The van der Waals surface area contributed by atoms with E-state index in [1.807, 2.05) is 0 Å². The van der Waals surface area contributed by atoms with E-state index in [2.05, 4.69) is 48.5 Å². The maximum atomic E-state index is 13.0. The van der Waals surface area contributed by atoms with Crippen LogP contribution in [0.1, 0.15) is 357 Å². The Morgan fingerprint density at radius 2 is 0.511 bits per heavy atom. The summed E-state index contributed by atoms with van der Waals surface area (Å²) in [5.41, 5.74) is 0. The van der Waals surface area contributed by atoms with Crippen LogP contribution in [-0.2, 0) is 65.4 Å². The first-order valence-electron chi connectivity index (χ1n) is 36.8. The van der Waals surface area contributed by atoms with Gasteiger partial charge in [0.05, 0.1) is 26.4 Å². The lowest BCUT2D eigenvalue weighted by atomic mass is 10.0. The highest BCUT2D eigenvalue weighted by atomic mass is 31.2. The summed E-state index contributed by atoms with van der Waals surface area (Å²) in [7, 11) is -9.90. The second-order valence-electron chi connectivity index (χ2n) is 27.1. The van der Waals surface area contributed by atoms with Crippen molar-refractivity contribution < 1.29 is 80.2 Å². The zero-order chi connectivity index (χ0) is 66.6. The molecule has 534 valence electrons. The molecule has 0 rings (SSSR count). The summed E-state index contributed by atoms with van der Waals surface area (Å²) >= 11 is 0. The zero-order valence-electron chi connectivity index (χ0n) is 58.6. The zero-order valence-corrected chi connectivity index (χ0v) is 60.4. The van der Waals surface area contributed by atoms with E-state index in [0.29, 0.717) is 25.7 Å². The predicted octanol–water partition coefficient (Wildman–Crippen LogP) is 20.2. The van der Waals surface area contributed by atoms with E-state index in [1.54, 1.807) is 0 Å². The van der Waals surface area contributed by atoms with Crippen molar-refractivity contribution in [2.75, 3.05) is 39.6 Å². The molecule has 17 nitrogen and oxygen atoms in total. The summed E-state index contributed by atoms with van der Waals surface area (Å²) in [5, 5.41) is 10.6. The topological polar surface area (TPSA) is 237 Å². The number of rotatable bonds is 69. The second-order valence-corrected chi connectivity index (χ2v) is 30.0. The van der Waals surface area contributed by atoms with Crippen molar-refractivity contribution in [3.63, 3.8) is 0 Å². The lowest BCUT2D eigenvalue weighted by molar-refractivity contribution is -0.161. The van der Waals surface area contributed by atoms with Crippen molar-refractivity contribution in [2.24, 2.45) is 17.8 Å². The van der Waals surface area contributed by atoms with Gasteiger partial charge >= 0.3 is 39.5 Å². The fourth-order valence-electron chi connectivity index (χ4n) is 10.7. The number of hydrogen-bond acceptors (Lipinski definition) is 15. The van der Waals surface area contributed by atoms with Gasteiger partial charge in [0.2, 0.25) is 0 Å². The Labute approximate surface area is 549 Å². The number of carbonyl (C=O) groups excluding carboxylic acids is 4. The Hall–Kier alpha value is -1.94. The first kappa shape index (κ1) is 88.1. The molecule has 90 heavy (non-hydrogen) atoms. The van der Waals surface area contributed by atoms with Gasteiger partial charge in [0, 0.05) is 25.7 Å². The molecule has 0 heterocycles. The number of carbonyl (C=O) groups is 4. The largest absolute Gasteiger partial charge is 0.472 e. The van der Waals surface area contributed by atoms with Gasteiger partial charge in [0.1, 0.15) is 19.3 Å². The van der Waals surface area contributed by atoms with Crippen LogP contribution in [0.25, 0.3) is 0 Å². The van der Waals surface area contributed by atoms with Crippen molar-refractivity contribution in [1.29, 1.82) is 0 Å². The molecule has 0 aliphatic rings. The number of aliphatic hydroxyl groups is 1. The van der Waals surface area contributed by atoms with Gasteiger partial charge in [-0.2, -0.15) is 0 Å². The first-order chi connectivity index (χ1) is 43.2. The van der Waals surface area contributed by atoms with Crippen LogP contribution in [0, 0.1) is 17.8 Å². The summed E-state index contributed by atoms with van der Waals surface area (Å²) in [5.74, 6) is 0.162. The Morgan fingerprint density at radius 1 is 0.300 bits per heavy atom. The summed E-state index contributed by atoms with van der Waals surface area (Å²) in [6, 6.07) is 0. The predicted molar refractivity (Wildman–Crippen MR) is 363 cm³/mol. The molecule has 5 atom stereocenters. The Kier molecular flexibility index (Phi) is 60.6. The van der Waals surface area contributed by atoms with E-state index < -0.39 is 97.5 Å². The van der Waals surface area contributed by atoms with E-state index in [4.69, 9.17) is 37.0 Å². The number of hydrogen-bond donors (Lipinski definition) is 3. The van der Waals surface area contributed by atoms with E-state index in [-0.39, 0.29) is 25.7 Å². The van der Waals surface area contributed by atoms with Crippen molar-refractivity contribution in [2.45, 2.75) is 375 Å². The molecule has 3 N–H and O–H groups in total. The third-order valence-corrected chi connectivity index (χ3v) is 18.3. The third-order valence-electron chi connectivity index (χ3n) is 16.4. The fourth-order valence-corrected chi connectivity index (χ4v) is 12.3. The first-order valence-corrected chi connectivity index (χ1v) is 39.8. The summed E-state index contributed by atoms with van der Waals surface area (Å²) < 4.78 is 68.3. The molecule has 0 radical (unpaired) electrons. The molecule has 2 unspecified atom stereocenters. The van der Waals surface area contributed by atoms with Crippen molar-refractivity contribution in [3.8, 4) is 0 Å². The van der Waals surface area contributed by atoms with Crippen LogP contribution in [0.3, 0.4) is 0 Å². The average Bonchev–Trinajstić information content (AvgIpc) is 3.69. The molecule has 0 aromatic carbocycles. The molecule has 0 bridgehead atoms. The number of ether oxygens (including phenoxy) is 4. The Balaban J connectivity index is 5.25. The van der Waals surface area contributed by atoms with Crippen molar-refractivity contribution in [3.05, 3.63) is 0 Å². The molecule has 0 aliphatic heterocycles. The van der Waals surface area contributed by atoms with Crippen LogP contribution >= 0.6 is 15.6 Å². The van der Waals surface area contributed by atoms with Gasteiger partial charge < -0.3 is 33.8 Å². The number of aliphatic hydroxyl groups excluding tert-OH is 1. The number of phosphoric acid groups is 2. The number of unbranched alkanes of at least 4 members (excludes halogenated alkanes) is 37. The average molecular weight is 1330 g/mol. The van der Waals surface area contributed by atoms with Crippen molar-refractivity contribution >= 4 is 39.5 Å². The van der Waals surface area contributed by atoms with E-state index >= 15 is 0 Å². The minimum absolute atomic E-state index is 0.106. The van der Waals surface area contributed by atoms with Gasteiger partial charge in [-0.3, -0.25) is 37.3 Å². The standard InChI is InChI=1S/C71H138O17P2/c1-8-9-10-11-12-21-31-38-45-52-68(73)81-58-66(88-71(76)55-48-41-34-27-20-18-24-30-37-44-51-64(6)7)60-85-89(77,78)83-56-65(72)57-84-90(79,80)86-61-67(59-82-69(74)53-46-39-32-25-19-17-23-29-36-43-50-63(4)5)87-70(75)54-47-40-33-26-16-14-13-15-22-28-35-42-49-62(2)3/h62-67,72H,8-61H2,1-7H3,(H,77,78)(H,79,80)/t65-,66+,67+/m0/s1. The second kappa shape index (κ2) is 61.9. The maximum absolute atomic E-state index is 13.0. The fraction of sp³-hybridized carbons (Fsp3) is 0.944. The Morgan fingerprint density at radius 3 is 0.756 bits per heavy atom. The normalized spacial score (nSPS) is 14.2. The number of phosphoric ester groups is 2. The van der Waals surface area contributed by atoms with Crippen LogP contribution in [0.4, 0.5) is 0 Å². The lowest BCUT2D eigenvalue weighted by Gasteiger charge is -2.21. The van der Waals surface area contributed by atoms with Gasteiger partial charge in [-0.05, 0) is 43.4 Å². The molecule has 0 saturated carbocycles. The molecule has 0 saturated heterocycles. The highest BCUT2D eigenvalue weighted by molar-refractivity contribution is 7.47. The highest BCUT2D eigenvalue weighted by Crippen LogP contribution is 2.45. The Bertz CT molecular complexity index is 1770. The summed E-state index contributed by atoms with van der Waals surface area (Å²) in [6.45, 7) is 11.8. The third kappa shape index (κ3) is 64.8. The molecule has 0 aromatic heterocycles. The minimum Gasteiger partial charge on any atom is -0.462 e. The van der Waals surface area contributed by atoms with Crippen LogP contribution in [0.15, 0.2) is 0 Å². The van der Waals surface area contributed by atoms with Crippen molar-refractivity contribution in [1.82, 2.24) is 0 Å². The van der Waals surface area contributed by atoms with E-state index in [9.17, 15) is 43.2 Å². The SMILES string of the molecule is CCCCCCCCCCCC(=O)OC[C@H](COP(=O)(O)OC[C@H](O)COP(=O)(O)OC[C@@H](COC(=O)CCCCCCCCCCCCC(C)C)OC(=O)CCCCCCCCCCCCCCC(C)C)OC(=O)CCCCCCCCCCCCC(C)C. The molecular formula is C71H138O17P2. The monoisotopic (exact) mass is 1320 g/mol. The van der Waals surface area contributed by atoms with Gasteiger partial charge in [-0.25, -0.2) is 9.13 Å². The lowest BCUT2D eigenvalue weighted by Crippen LogP contribution is -2.30. The van der Waals surface area contributed by atoms with Crippen LogP contribution in [-0.4, -0.2) is 96.7 Å².